The van der Waals surface area contributed by atoms with Crippen LogP contribution < -0.4 is 4.90 Å². The predicted octanol–water partition coefficient (Wildman–Crippen LogP) is 2.81. The van der Waals surface area contributed by atoms with Crippen LogP contribution in [0.1, 0.15) is 12.0 Å². The van der Waals surface area contributed by atoms with Crippen LogP contribution in [0, 0.1) is 0 Å². The molecule has 0 spiro atoms. The number of pyridine rings is 1. The van der Waals surface area contributed by atoms with Crippen molar-refractivity contribution >= 4 is 17.4 Å². The summed E-state index contributed by atoms with van der Waals surface area (Å²) in [5.41, 5.74) is 1.31. The molecule has 4 nitrogen and oxygen atoms in total. The Morgan fingerprint density at radius 3 is 2.70 bits per heavy atom. The predicted molar refractivity (Wildman–Crippen MR) is 93.8 cm³/mol. The summed E-state index contributed by atoms with van der Waals surface area (Å²) in [4.78, 5) is 9.09. The summed E-state index contributed by atoms with van der Waals surface area (Å²) in [7, 11) is 0. The van der Waals surface area contributed by atoms with Crippen molar-refractivity contribution in [2.24, 2.45) is 0 Å². The monoisotopic (exact) mass is 331 g/mol. The van der Waals surface area contributed by atoms with Crippen LogP contribution in [-0.2, 0) is 6.54 Å². The molecular formula is C18H22ClN3O. The fourth-order valence-electron chi connectivity index (χ4n) is 3.14. The van der Waals surface area contributed by atoms with Crippen molar-refractivity contribution in [2.75, 3.05) is 31.1 Å². The summed E-state index contributed by atoms with van der Waals surface area (Å²) >= 11 is 6.28. The van der Waals surface area contributed by atoms with Gasteiger partial charge in [0, 0.05) is 45.0 Å². The molecule has 0 unspecified atom stereocenters. The number of halogens is 1. The summed E-state index contributed by atoms with van der Waals surface area (Å²) in [5.74, 6) is 0.844. The van der Waals surface area contributed by atoms with Gasteiger partial charge < -0.3 is 10.0 Å². The summed E-state index contributed by atoms with van der Waals surface area (Å²) in [6.07, 6.45) is 2.53. The smallest absolute Gasteiger partial charge is 0.147 e. The van der Waals surface area contributed by atoms with E-state index in [0.29, 0.717) is 11.1 Å². The SMILES string of the molecule is OCC[C@H]1CN(c2ncccc2Cl)CCN1Cc1ccccc1. The van der Waals surface area contributed by atoms with Gasteiger partial charge in [0.25, 0.3) is 0 Å². The number of rotatable bonds is 5. The lowest BCUT2D eigenvalue weighted by Crippen LogP contribution is -2.53. The van der Waals surface area contributed by atoms with Crippen LogP contribution in [0.5, 0.6) is 0 Å². The molecule has 3 rings (SSSR count). The quantitative estimate of drug-likeness (QED) is 0.914. The van der Waals surface area contributed by atoms with E-state index in [1.165, 1.54) is 5.56 Å². The van der Waals surface area contributed by atoms with E-state index in [9.17, 15) is 5.11 Å². The molecule has 122 valence electrons. The number of nitrogens with zero attached hydrogens (tertiary/aromatic N) is 3. The lowest BCUT2D eigenvalue weighted by atomic mass is 10.1. The average molecular weight is 332 g/mol. The molecule has 1 aliphatic rings. The number of anilines is 1. The van der Waals surface area contributed by atoms with E-state index in [0.717, 1.165) is 38.4 Å². The van der Waals surface area contributed by atoms with Crippen molar-refractivity contribution in [1.82, 2.24) is 9.88 Å². The van der Waals surface area contributed by atoms with Gasteiger partial charge >= 0.3 is 0 Å². The van der Waals surface area contributed by atoms with Gasteiger partial charge in [0.15, 0.2) is 0 Å². The summed E-state index contributed by atoms with van der Waals surface area (Å²) < 4.78 is 0. The molecule has 0 bridgehead atoms. The Labute approximate surface area is 142 Å². The Morgan fingerprint density at radius 2 is 1.96 bits per heavy atom. The average Bonchev–Trinajstić information content (AvgIpc) is 2.58. The van der Waals surface area contributed by atoms with Crippen LogP contribution in [-0.4, -0.2) is 47.3 Å². The molecule has 2 aromatic rings. The first kappa shape index (κ1) is 16.2. The normalized spacial score (nSPS) is 19.0. The third-order valence-corrected chi connectivity index (χ3v) is 4.63. The van der Waals surface area contributed by atoms with E-state index in [1.54, 1.807) is 6.20 Å². The number of aliphatic hydroxyl groups is 1. The first-order valence-corrected chi connectivity index (χ1v) is 8.40. The van der Waals surface area contributed by atoms with Gasteiger partial charge in [-0.1, -0.05) is 41.9 Å². The summed E-state index contributed by atoms with van der Waals surface area (Å²) in [6.45, 7) is 3.77. The Bertz CT molecular complexity index is 623. The van der Waals surface area contributed by atoms with Gasteiger partial charge in [0.05, 0.1) is 5.02 Å². The standard InChI is InChI=1S/C18H22ClN3O/c19-17-7-4-9-20-18(17)22-11-10-21(16(14-22)8-12-23)13-15-5-2-1-3-6-15/h1-7,9,16,23H,8,10-14H2/t16-/m0/s1. The number of hydrogen-bond acceptors (Lipinski definition) is 4. The van der Waals surface area contributed by atoms with Gasteiger partial charge in [-0.25, -0.2) is 4.98 Å². The third kappa shape index (κ3) is 4.02. The number of aliphatic hydroxyl groups excluding tert-OH is 1. The zero-order chi connectivity index (χ0) is 16.1. The first-order valence-electron chi connectivity index (χ1n) is 8.02. The lowest BCUT2D eigenvalue weighted by Gasteiger charge is -2.42. The Balaban J connectivity index is 1.72. The van der Waals surface area contributed by atoms with E-state index >= 15 is 0 Å². The Kier molecular flexibility index (Phi) is 5.49. The molecule has 1 aromatic heterocycles. The second kappa shape index (κ2) is 7.77. The molecule has 0 aliphatic carbocycles. The molecule has 1 atom stereocenters. The second-order valence-electron chi connectivity index (χ2n) is 5.88. The number of aromatic nitrogens is 1. The number of hydrogen-bond donors (Lipinski definition) is 1. The lowest BCUT2D eigenvalue weighted by molar-refractivity contribution is 0.135. The van der Waals surface area contributed by atoms with E-state index in [-0.39, 0.29) is 6.61 Å². The maximum absolute atomic E-state index is 9.43. The van der Waals surface area contributed by atoms with Crippen LogP contribution in [0.3, 0.4) is 0 Å². The minimum atomic E-state index is 0.194. The van der Waals surface area contributed by atoms with Crippen molar-refractivity contribution < 1.29 is 5.11 Å². The Hall–Kier alpha value is -1.62. The molecular weight excluding hydrogens is 310 g/mol. The maximum Gasteiger partial charge on any atom is 0.147 e. The van der Waals surface area contributed by atoms with Crippen LogP contribution >= 0.6 is 11.6 Å². The highest BCUT2D eigenvalue weighted by Crippen LogP contribution is 2.26. The zero-order valence-corrected chi connectivity index (χ0v) is 13.9. The first-order chi connectivity index (χ1) is 11.3. The van der Waals surface area contributed by atoms with Crippen molar-refractivity contribution in [3.8, 4) is 0 Å². The van der Waals surface area contributed by atoms with Crippen molar-refractivity contribution in [3.63, 3.8) is 0 Å². The molecule has 1 aliphatic heterocycles. The van der Waals surface area contributed by atoms with Crippen LogP contribution in [0.25, 0.3) is 0 Å². The molecule has 0 radical (unpaired) electrons. The molecule has 2 heterocycles. The van der Waals surface area contributed by atoms with E-state index in [2.05, 4.69) is 39.0 Å². The number of benzene rings is 1. The topological polar surface area (TPSA) is 39.6 Å². The molecule has 1 fully saturated rings. The summed E-state index contributed by atoms with van der Waals surface area (Å²) in [5, 5.41) is 10.1. The molecule has 23 heavy (non-hydrogen) atoms. The molecule has 5 heteroatoms. The largest absolute Gasteiger partial charge is 0.396 e. The van der Waals surface area contributed by atoms with Crippen molar-refractivity contribution in [1.29, 1.82) is 0 Å². The second-order valence-corrected chi connectivity index (χ2v) is 6.28. The number of piperazine rings is 1. The Morgan fingerprint density at radius 1 is 1.13 bits per heavy atom. The fourth-order valence-corrected chi connectivity index (χ4v) is 3.39. The van der Waals surface area contributed by atoms with Crippen molar-refractivity contribution in [2.45, 2.75) is 19.0 Å². The van der Waals surface area contributed by atoms with Crippen LogP contribution in [0.2, 0.25) is 5.02 Å². The van der Waals surface area contributed by atoms with Crippen LogP contribution in [0.15, 0.2) is 48.7 Å². The van der Waals surface area contributed by atoms with Gasteiger partial charge in [-0.15, -0.1) is 0 Å². The maximum atomic E-state index is 9.43. The van der Waals surface area contributed by atoms with Gasteiger partial charge in [-0.2, -0.15) is 0 Å². The van der Waals surface area contributed by atoms with Gasteiger partial charge in [-0.3, -0.25) is 4.90 Å². The van der Waals surface area contributed by atoms with E-state index in [1.807, 2.05) is 18.2 Å². The molecule has 0 amide bonds. The highest BCUT2D eigenvalue weighted by atomic mass is 35.5. The molecule has 0 saturated carbocycles. The minimum Gasteiger partial charge on any atom is -0.396 e. The molecule has 1 N–H and O–H groups in total. The highest BCUT2D eigenvalue weighted by Gasteiger charge is 2.28. The zero-order valence-electron chi connectivity index (χ0n) is 13.1. The third-order valence-electron chi connectivity index (χ3n) is 4.33. The van der Waals surface area contributed by atoms with Gasteiger partial charge in [0.1, 0.15) is 5.82 Å². The highest BCUT2D eigenvalue weighted by molar-refractivity contribution is 6.32. The molecule has 1 aromatic carbocycles. The van der Waals surface area contributed by atoms with Crippen LogP contribution in [0.4, 0.5) is 5.82 Å². The molecule has 1 saturated heterocycles. The van der Waals surface area contributed by atoms with Crippen molar-refractivity contribution in [3.05, 3.63) is 59.2 Å². The van der Waals surface area contributed by atoms with E-state index < -0.39 is 0 Å². The fraction of sp³-hybridized carbons (Fsp3) is 0.389. The van der Waals surface area contributed by atoms with Gasteiger partial charge in [-0.05, 0) is 24.1 Å². The van der Waals surface area contributed by atoms with E-state index in [4.69, 9.17) is 11.6 Å². The summed E-state index contributed by atoms with van der Waals surface area (Å²) in [6, 6.07) is 14.5. The van der Waals surface area contributed by atoms with Gasteiger partial charge in [0.2, 0.25) is 0 Å². The minimum absolute atomic E-state index is 0.194.